The van der Waals surface area contributed by atoms with Crippen molar-refractivity contribution in [3.05, 3.63) is 145 Å². The van der Waals surface area contributed by atoms with E-state index in [1.165, 1.54) is 16.7 Å². The molecule has 178 valence electrons. The average molecular weight is 496 g/mol. The summed E-state index contributed by atoms with van der Waals surface area (Å²) in [7, 11) is 0. The van der Waals surface area contributed by atoms with Crippen molar-refractivity contribution in [3.63, 3.8) is 0 Å². The molecule has 8 aromatic rings. The Morgan fingerprint density at radius 2 is 1.11 bits per heavy atom. The zero-order chi connectivity index (χ0) is 34.6. The van der Waals surface area contributed by atoms with Crippen molar-refractivity contribution in [2.75, 3.05) is 0 Å². The SMILES string of the molecule is [2H]c1cc([2H])c(-c2ccccc2-n2c3ccccc3c3cc(-n4c5c([2H])c([2H])c([2H])c([2H])c5c5c([2H])c([2H])c([2H])c([2H])c54)ccc32)c([2H])c1. The molecule has 0 fully saturated rings. The van der Waals surface area contributed by atoms with Gasteiger partial charge in [-0.3, -0.25) is 0 Å². The molecule has 0 aliphatic carbocycles. The van der Waals surface area contributed by atoms with Gasteiger partial charge in [0.1, 0.15) is 0 Å². The van der Waals surface area contributed by atoms with E-state index in [4.69, 9.17) is 15.1 Å². The van der Waals surface area contributed by atoms with E-state index in [9.17, 15) is 0 Å². The highest BCUT2D eigenvalue weighted by molar-refractivity contribution is 6.12. The van der Waals surface area contributed by atoms with Crippen molar-refractivity contribution in [1.29, 1.82) is 0 Å². The predicted molar refractivity (Wildman–Crippen MR) is 161 cm³/mol. The Labute approximate surface area is 236 Å². The summed E-state index contributed by atoms with van der Waals surface area (Å²) in [5.74, 6) is 0. The molecule has 0 unspecified atom stereocenters. The number of para-hydroxylation sites is 4. The van der Waals surface area contributed by atoms with Gasteiger partial charge >= 0.3 is 0 Å². The number of aromatic nitrogens is 2. The number of fused-ring (bicyclic) bond motifs is 6. The van der Waals surface area contributed by atoms with E-state index >= 15 is 0 Å². The molecule has 2 heteroatoms. The first kappa shape index (κ1) is 12.9. The van der Waals surface area contributed by atoms with Crippen LogP contribution in [0.15, 0.2) is 145 Å². The highest BCUT2D eigenvalue weighted by atomic mass is 15.0. The summed E-state index contributed by atoms with van der Waals surface area (Å²) < 4.78 is 97.6. The third-order valence-corrected chi connectivity index (χ3v) is 6.96. The van der Waals surface area contributed by atoms with Crippen LogP contribution in [0, 0.1) is 0 Å². The summed E-state index contributed by atoms with van der Waals surface area (Å²) in [6, 6.07) is 20.2. The first-order valence-electron chi connectivity index (χ1n) is 17.6. The van der Waals surface area contributed by atoms with Crippen LogP contribution in [0.1, 0.15) is 15.1 Å². The summed E-state index contributed by atoms with van der Waals surface area (Å²) >= 11 is 0. The van der Waals surface area contributed by atoms with Gasteiger partial charge in [-0.2, -0.15) is 0 Å². The second kappa shape index (κ2) is 8.22. The first-order valence-corrected chi connectivity index (χ1v) is 12.1. The van der Waals surface area contributed by atoms with E-state index in [1.807, 2.05) is 65.2 Å². The molecule has 0 saturated carbocycles. The van der Waals surface area contributed by atoms with Gasteiger partial charge in [0.25, 0.3) is 0 Å². The smallest absolute Gasteiger partial charge is 0.0645 e. The van der Waals surface area contributed by atoms with Crippen molar-refractivity contribution < 1.29 is 15.1 Å². The summed E-state index contributed by atoms with van der Waals surface area (Å²) in [4.78, 5) is 0. The second-order valence-electron chi connectivity index (χ2n) is 8.97. The molecule has 0 saturated heterocycles. The lowest BCUT2D eigenvalue weighted by atomic mass is 10.0. The van der Waals surface area contributed by atoms with Gasteiger partial charge in [0, 0.05) is 32.8 Å². The number of hydrogen-bond donors (Lipinski definition) is 0. The summed E-state index contributed by atoms with van der Waals surface area (Å²) in [5.41, 5.74) is 3.85. The lowest BCUT2D eigenvalue weighted by molar-refractivity contribution is 1.17. The van der Waals surface area contributed by atoms with Crippen LogP contribution in [0.4, 0.5) is 0 Å². The maximum Gasteiger partial charge on any atom is 0.0645 e. The van der Waals surface area contributed by atoms with Crippen LogP contribution in [0.25, 0.3) is 66.1 Å². The normalized spacial score (nSPS) is 15.7. The Hall–Kier alpha value is -5.08. The zero-order valence-electron chi connectivity index (χ0n) is 30.9. The van der Waals surface area contributed by atoms with Crippen LogP contribution in [0.3, 0.4) is 0 Å². The van der Waals surface area contributed by atoms with Gasteiger partial charge < -0.3 is 9.13 Å². The van der Waals surface area contributed by atoms with E-state index in [2.05, 4.69) is 0 Å². The van der Waals surface area contributed by atoms with Crippen LogP contribution >= 0.6 is 0 Å². The minimum atomic E-state index is -0.495. The van der Waals surface area contributed by atoms with Crippen molar-refractivity contribution in [1.82, 2.24) is 9.13 Å². The third kappa shape index (κ3) is 3.01. The van der Waals surface area contributed by atoms with Crippen molar-refractivity contribution in [3.8, 4) is 22.5 Å². The van der Waals surface area contributed by atoms with Gasteiger partial charge in [-0.1, -0.05) is 103 Å². The zero-order valence-corrected chi connectivity index (χ0v) is 19.9. The topological polar surface area (TPSA) is 9.86 Å². The van der Waals surface area contributed by atoms with Crippen LogP contribution in [-0.2, 0) is 0 Å². The fraction of sp³-hybridized carbons (Fsp3) is 0. The quantitative estimate of drug-likeness (QED) is 0.231. The van der Waals surface area contributed by atoms with Gasteiger partial charge in [-0.05, 0) is 48.0 Å². The van der Waals surface area contributed by atoms with E-state index in [0.717, 1.165) is 21.8 Å². The van der Waals surface area contributed by atoms with E-state index in [0.29, 0.717) is 22.5 Å². The van der Waals surface area contributed by atoms with Gasteiger partial charge in [-0.15, -0.1) is 0 Å². The lowest BCUT2D eigenvalue weighted by Crippen LogP contribution is -1.97. The minimum absolute atomic E-state index is 0.0144. The molecule has 0 spiro atoms. The Morgan fingerprint density at radius 1 is 0.447 bits per heavy atom. The molecule has 2 nitrogen and oxygen atoms in total. The number of rotatable bonds is 3. The molecule has 0 amide bonds. The average Bonchev–Trinajstić information content (AvgIpc) is 3.61. The molecule has 2 heterocycles. The van der Waals surface area contributed by atoms with Crippen molar-refractivity contribution in [2.45, 2.75) is 0 Å². The molecule has 0 atom stereocenters. The maximum atomic E-state index is 8.89. The molecule has 0 radical (unpaired) electrons. The molecular weight excluding hydrogens is 460 g/mol. The molecule has 0 aliphatic rings. The van der Waals surface area contributed by atoms with E-state index in [1.54, 1.807) is 6.07 Å². The first-order chi connectivity index (χ1) is 23.4. The number of hydrogen-bond acceptors (Lipinski definition) is 0. The van der Waals surface area contributed by atoms with Crippen LogP contribution in [-0.4, -0.2) is 9.13 Å². The minimum Gasteiger partial charge on any atom is -0.309 e. The molecule has 0 aliphatic heterocycles. The Balaban J connectivity index is 1.50. The van der Waals surface area contributed by atoms with Crippen LogP contribution in [0.5, 0.6) is 0 Å². The Bertz CT molecular complexity index is 2640. The number of benzene rings is 6. The second-order valence-corrected chi connectivity index (χ2v) is 8.97. The van der Waals surface area contributed by atoms with Gasteiger partial charge in [-0.25, -0.2) is 0 Å². The Morgan fingerprint density at radius 3 is 1.89 bits per heavy atom. The fourth-order valence-electron chi connectivity index (χ4n) is 5.39. The van der Waals surface area contributed by atoms with Crippen molar-refractivity contribution >= 4 is 43.6 Å². The van der Waals surface area contributed by atoms with Crippen molar-refractivity contribution in [2.24, 2.45) is 0 Å². The standard InChI is InChI=1S/C36H24N2/c1-2-12-25(13-3-1)27-14-4-8-18-32(27)38-35-21-11-7-17-30(35)31-24-26(22-23-36(31)38)37-33-19-9-5-15-28(33)29-16-6-10-20-34(29)37/h1-24H/i1D,5D,6D,9D,10D,12D,13D,15D,16D,19D,20D. The molecule has 8 rings (SSSR count). The van der Waals surface area contributed by atoms with Gasteiger partial charge in [0.2, 0.25) is 0 Å². The summed E-state index contributed by atoms with van der Waals surface area (Å²) in [5, 5.41) is 1.64. The molecular formula is C36H24N2. The largest absolute Gasteiger partial charge is 0.309 e. The van der Waals surface area contributed by atoms with E-state index in [-0.39, 0.29) is 64.1 Å². The number of nitrogens with zero attached hydrogens (tertiary/aromatic N) is 2. The summed E-state index contributed by atoms with van der Waals surface area (Å²) in [6.07, 6.45) is 0. The highest BCUT2D eigenvalue weighted by Crippen LogP contribution is 2.38. The van der Waals surface area contributed by atoms with E-state index < -0.39 is 24.2 Å². The fourth-order valence-corrected chi connectivity index (χ4v) is 5.39. The monoisotopic (exact) mass is 495 g/mol. The van der Waals surface area contributed by atoms with Crippen LogP contribution in [0.2, 0.25) is 0 Å². The van der Waals surface area contributed by atoms with Crippen LogP contribution < -0.4 is 0 Å². The molecule has 6 aromatic carbocycles. The predicted octanol–water partition coefficient (Wildman–Crippen LogP) is 9.55. The third-order valence-electron chi connectivity index (χ3n) is 6.96. The Kier molecular flexibility index (Phi) is 2.80. The van der Waals surface area contributed by atoms with Gasteiger partial charge in [0.05, 0.1) is 42.8 Å². The highest BCUT2D eigenvalue weighted by Gasteiger charge is 2.17. The molecule has 0 N–H and O–H groups in total. The molecule has 0 bridgehead atoms. The molecule has 38 heavy (non-hydrogen) atoms. The maximum absolute atomic E-state index is 8.89. The molecule has 2 aromatic heterocycles. The lowest BCUT2D eigenvalue weighted by Gasteiger charge is -2.14. The van der Waals surface area contributed by atoms with Gasteiger partial charge in [0.15, 0.2) is 0 Å². The summed E-state index contributed by atoms with van der Waals surface area (Å²) in [6.45, 7) is 0.